The highest BCUT2D eigenvalue weighted by atomic mass is 19.1. The van der Waals surface area contributed by atoms with Crippen LogP contribution in [-0.4, -0.2) is 6.03 Å². The standard InChI is InChI=1S/C7H8FN3O/c8-5-2-1-4(9)3-6(5)11-7(10)12/h1-3H,9H2,(H3,10,11,12). The number of amides is 2. The Hall–Kier alpha value is -1.78. The molecule has 0 heterocycles. The lowest BCUT2D eigenvalue weighted by Crippen LogP contribution is -2.20. The number of carbonyl (C=O) groups excluding carboxylic acids is 1. The van der Waals surface area contributed by atoms with Gasteiger partial charge in [0.15, 0.2) is 0 Å². The van der Waals surface area contributed by atoms with Crippen LogP contribution < -0.4 is 16.8 Å². The van der Waals surface area contributed by atoms with Crippen LogP contribution in [0.2, 0.25) is 0 Å². The van der Waals surface area contributed by atoms with Gasteiger partial charge in [-0.05, 0) is 18.2 Å². The number of benzene rings is 1. The summed E-state index contributed by atoms with van der Waals surface area (Å²) in [6.45, 7) is 0. The molecule has 0 aliphatic rings. The number of anilines is 2. The Morgan fingerprint density at radius 3 is 2.75 bits per heavy atom. The normalized spacial score (nSPS) is 9.42. The molecular weight excluding hydrogens is 161 g/mol. The zero-order valence-electron chi connectivity index (χ0n) is 6.17. The average Bonchev–Trinajstić information content (AvgIpc) is 1.96. The van der Waals surface area contributed by atoms with Crippen molar-refractivity contribution in [3.8, 4) is 0 Å². The van der Waals surface area contributed by atoms with E-state index in [2.05, 4.69) is 5.32 Å². The number of urea groups is 1. The lowest BCUT2D eigenvalue weighted by Gasteiger charge is -2.03. The third-order valence-corrected chi connectivity index (χ3v) is 1.25. The van der Waals surface area contributed by atoms with Gasteiger partial charge in [-0.15, -0.1) is 0 Å². The highest BCUT2D eigenvalue weighted by molar-refractivity contribution is 5.88. The Balaban J connectivity index is 2.97. The van der Waals surface area contributed by atoms with Crippen molar-refractivity contribution in [3.63, 3.8) is 0 Å². The molecule has 1 rings (SSSR count). The third kappa shape index (κ3) is 1.85. The Labute approximate surface area is 68.4 Å². The molecule has 1 aromatic carbocycles. The van der Waals surface area contributed by atoms with Crippen LogP contribution in [-0.2, 0) is 0 Å². The van der Waals surface area contributed by atoms with Gasteiger partial charge in [0.25, 0.3) is 0 Å². The third-order valence-electron chi connectivity index (χ3n) is 1.25. The van der Waals surface area contributed by atoms with Crippen molar-refractivity contribution in [2.24, 2.45) is 5.73 Å². The number of primary amides is 1. The van der Waals surface area contributed by atoms with Crippen molar-refractivity contribution in [1.82, 2.24) is 0 Å². The van der Waals surface area contributed by atoms with E-state index >= 15 is 0 Å². The Bertz CT molecular complexity index is 314. The maximum absolute atomic E-state index is 12.8. The lowest BCUT2D eigenvalue weighted by molar-refractivity contribution is 0.259. The highest BCUT2D eigenvalue weighted by Gasteiger charge is 2.03. The molecule has 0 spiro atoms. The molecule has 0 atom stereocenters. The SMILES string of the molecule is NC(=O)Nc1cc(N)ccc1F. The lowest BCUT2D eigenvalue weighted by atomic mass is 10.3. The van der Waals surface area contributed by atoms with Crippen LogP contribution in [0.1, 0.15) is 0 Å². The van der Waals surface area contributed by atoms with Crippen LogP contribution in [0.4, 0.5) is 20.6 Å². The fraction of sp³-hybridized carbons (Fsp3) is 0. The molecule has 0 aromatic heterocycles. The van der Waals surface area contributed by atoms with Crippen molar-refractivity contribution < 1.29 is 9.18 Å². The second kappa shape index (κ2) is 3.08. The predicted molar refractivity (Wildman–Crippen MR) is 44.0 cm³/mol. The molecule has 4 nitrogen and oxygen atoms in total. The fourth-order valence-corrected chi connectivity index (χ4v) is 0.771. The zero-order valence-corrected chi connectivity index (χ0v) is 6.17. The topological polar surface area (TPSA) is 81.1 Å². The molecule has 0 fully saturated rings. The molecule has 5 heteroatoms. The van der Waals surface area contributed by atoms with Gasteiger partial charge in [-0.3, -0.25) is 0 Å². The summed E-state index contributed by atoms with van der Waals surface area (Å²) < 4.78 is 12.8. The summed E-state index contributed by atoms with van der Waals surface area (Å²) >= 11 is 0. The second-order valence-electron chi connectivity index (χ2n) is 2.23. The highest BCUT2D eigenvalue weighted by Crippen LogP contribution is 2.16. The summed E-state index contributed by atoms with van der Waals surface area (Å²) in [4.78, 5) is 10.3. The molecule has 1 aromatic rings. The van der Waals surface area contributed by atoms with Gasteiger partial charge in [0.05, 0.1) is 5.69 Å². The second-order valence-corrected chi connectivity index (χ2v) is 2.23. The van der Waals surface area contributed by atoms with E-state index in [4.69, 9.17) is 11.5 Å². The predicted octanol–water partition coefficient (Wildman–Crippen LogP) is 0.899. The summed E-state index contributed by atoms with van der Waals surface area (Å²) in [5.74, 6) is -0.567. The summed E-state index contributed by atoms with van der Waals surface area (Å²) in [6.07, 6.45) is 0. The minimum atomic E-state index is -0.820. The minimum Gasteiger partial charge on any atom is -0.399 e. The van der Waals surface area contributed by atoms with Crippen molar-refractivity contribution in [2.45, 2.75) is 0 Å². The molecule has 12 heavy (non-hydrogen) atoms. The van der Waals surface area contributed by atoms with Crippen LogP contribution in [0.5, 0.6) is 0 Å². The first kappa shape index (κ1) is 8.32. The first-order chi connectivity index (χ1) is 5.59. The van der Waals surface area contributed by atoms with Crippen LogP contribution in [0.15, 0.2) is 18.2 Å². The molecule has 2 amide bonds. The average molecular weight is 169 g/mol. The smallest absolute Gasteiger partial charge is 0.316 e. The van der Waals surface area contributed by atoms with Crippen molar-refractivity contribution in [3.05, 3.63) is 24.0 Å². The first-order valence-electron chi connectivity index (χ1n) is 3.21. The van der Waals surface area contributed by atoms with Crippen LogP contribution in [0, 0.1) is 5.82 Å². The Morgan fingerprint density at radius 2 is 2.17 bits per heavy atom. The largest absolute Gasteiger partial charge is 0.399 e. The quantitative estimate of drug-likeness (QED) is 0.546. The van der Waals surface area contributed by atoms with E-state index in [1.807, 2.05) is 0 Å². The summed E-state index contributed by atoms with van der Waals surface area (Å²) in [7, 11) is 0. The van der Waals surface area contributed by atoms with Gasteiger partial charge < -0.3 is 16.8 Å². The van der Waals surface area contributed by atoms with Gasteiger partial charge in [-0.25, -0.2) is 9.18 Å². The molecule has 5 N–H and O–H groups in total. The number of nitrogen functional groups attached to an aromatic ring is 1. The van der Waals surface area contributed by atoms with E-state index in [-0.39, 0.29) is 5.69 Å². The first-order valence-corrected chi connectivity index (χ1v) is 3.21. The molecule has 0 saturated heterocycles. The number of nitrogens with two attached hydrogens (primary N) is 2. The summed E-state index contributed by atoms with van der Waals surface area (Å²) in [6, 6.07) is 3.02. The summed E-state index contributed by atoms with van der Waals surface area (Å²) in [5.41, 5.74) is 10.5. The number of nitrogens with one attached hydrogen (secondary N) is 1. The zero-order chi connectivity index (χ0) is 9.14. The van der Waals surface area contributed by atoms with Crippen molar-refractivity contribution >= 4 is 17.4 Å². The number of rotatable bonds is 1. The molecule has 0 aliphatic carbocycles. The molecule has 0 radical (unpaired) electrons. The molecule has 0 aliphatic heterocycles. The Kier molecular flexibility index (Phi) is 2.14. The monoisotopic (exact) mass is 169 g/mol. The van der Waals surface area contributed by atoms with Gasteiger partial charge in [0.1, 0.15) is 5.82 Å². The van der Waals surface area contributed by atoms with Crippen LogP contribution in [0.3, 0.4) is 0 Å². The van der Waals surface area contributed by atoms with E-state index in [1.54, 1.807) is 0 Å². The summed E-state index contributed by atoms with van der Waals surface area (Å²) in [5, 5.41) is 2.10. The Morgan fingerprint density at radius 1 is 1.50 bits per heavy atom. The number of hydrogen-bond acceptors (Lipinski definition) is 2. The van der Waals surface area contributed by atoms with E-state index in [9.17, 15) is 9.18 Å². The molecule has 0 saturated carbocycles. The van der Waals surface area contributed by atoms with Crippen LogP contribution >= 0.6 is 0 Å². The fourth-order valence-electron chi connectivity index (χ4n) is 0.771. The van der Waals surface area contributed by atoms with Crippen LogP contribution in [0.25, 0.3) is 0 Å². The van der Waals surface area contributed by atoms with Gasteiger partial charge in [0.2, 0.25) is 0 Å². The van der Waals surface area contributed by atoms with Gasteiger partial charge in [0, 0.05) is 5.69 Å². The van der Waals surface area contributed by atoms with Gasteiger partial charge in [-0.2, -0.15) is 0 Å². The van der Waals surface area contributed by atoms with Crippen molar-refractivity contribution in [1.29, 1.82) is 0 Å². The maximum atomic E-state index is 12.8. The molecule has 0 unspecified atom stereocenters. The van der Waals surface area contributed by atoms with E-state index < -0.39 is 11.8 Å². The van der Waals surface area contributed by atoms with Gasteiger partial charge >= 0.3 is 6.03 Å². The number of carbonyl (C=O) groups is 1. The van der Waals surface area contributed by atoms with Gasteiger partial charge in [-0.1, -0.05) is 0 Å². The molecule has 64 valence electrons. The maximum Gasteiger partial charge on any atom is 0.316 e. The minimum absolute atomic E-state index is 0.0116. The van der Waals surface area contributed by atoms with Crippen molar-refractivity contribution in [2.75, 3.05) is 11.1 Å². The number of halogens is 1. The van der Waals surface area contributed by atoms with E-state index in [0.29, 0.717) is 5.69 Å². The van der Waals surface area contributed by atoms with E-state index in [0.717, 1.165) is 6.07 Å². The molecular formula is C7H8FN3O. The van der Waals surface area contributed by atoms with E-state index in [1.165, 1.54) is 12.1 Å². The number of hydrogen-bond donors (Lipinski definition) is 3. The molecule has 0 bridgehead atoms.